The molecule has 0 atom stereocenters. The number of halogens is 1. The maximum Gasteiger partial charge on any atom is 0.262 e. The normalized spacial score (nSPS) is 10.4. The van der Waals surface area contributed by atoms with Crippen molar-refractivity contribution in [1.29, 1.82) is 0 Å². The molecule has 6 heteroatoms. The summed E-state index contributed by atoms with van der Waals surface area (Å²) in [6.45, 7) is 1.95. The van der Waals surface area contributed by atoms with E-state index in [4.69, 9.17) is 4.74 Å². The van der Waals surface area contributed by atoms with Crippen molar-refractivity contribution in [3.05, 3.63) is 64.1 Å². The third-order valence-corrected chi connectivity index (χ3v) is 4.74. The number of nitrogens with one attached hydrogen (secondary N) is 1. The summed E-state index contributed by atoms with van der Waals surface area (Å²) in [6, 6.07) is 13.3. The highest BCUT2D eigenvalue weighted by Crippen LogP contribution is 2.26. The van der Waals surface area contributed by atoms with Crippen LogP contribution in [0.4, 0.5) is 5.69 Å². The fourth-order valence-corrected chi connectivity index (χ4v) is 3.38. The zero-order chi connectivity index (χ0) is 16.9. The maximum absolute atomic E-state index is 12.0. The van der Waals surface area contributed by atoms with E-state index in [2.05, 4.69) is 26.2 Å². The van der Waals surface area contributed by atoms with Crippen LogP contribution in [0.15, 0.2) is 58.5 Å². The number of amides is 1. The van der Waals surface area contributed by atoms with Gasteiger partial charge in [0.15, 0.2) is 6.61 Å². The highest BCUT2D eigenvalue weighted by Gasteiger charge is 2.07. The second-order valence-electron chi connectivity index (χ2n) is 5.19. The molecule has 1 aromatic heterocycles. The van der Waals surface area contributed by atoms with Crippen molar-refractivity contribution >= 4 is 38.9 Å². The van der Waals surface area contributed by atoms with Gasteiger partial charge in [-0.15, -0.1) is 11.3 Å². The van der Waals surface area contributed by atoms with E-state index in [1.165, 1.54) is 0 Å². The Hall–Kier alpha value is -2.18. The lowest BCUT2D eigenvalue weighted by Crippen LogP contribution is -2.20. The van der Waals surface area contributed by atoms with E-state index in [9.17, 15) is 4.79 Å². The lowest BCUT2D eigenvalue weighted by atomic mass is 10.2. The molecule has 0 unspecified atom stereocenters. The van der Waals surface area contributed by atoms with Crippen LogP contribution in [0.25, 0.3) is 10.6 Å². The van der Waals surface area contributed by atoms with Gasteiger partial charge in [0.05, 0.1) is 4.47 Å². The third-order valence-electron chi connectivity index (χ3n) is 3.29. The van der Waals surface area contributed by atoms with E-state index < -0.39 is 0 Å². The Kier molecular flexibility index (Phi) is 5.27. The Labute approximate surface area is 152 Å². The van der Waals surface area contributed by atoms with Gasteiger partial charge in [0, 0.05) is 22.8 Å². The first-order chi connectivity index (χ1) is 11.6. The molecule has 3 rings (SSSR count). The molecule has 1 amide bonds. The van der Waals surface area contributed by atoms with E-state index >= 15 is 0 Å². The number of thiazole rings is 1. The fraction of sp³-hybridized carbons (Fsp3) is 0.111. The Bertz CT molecular complexity index is 833. The molecule has 0 aliphatic rings. The quantitative estimate of drug-likeness (QED) is 0.660. The van der Waals surface area contributed by atoms with Crippen molar-refractivity contribution in [3.63, 3.8) is 0 Å². The van der Waals surface area contributed by atoms with Crippen molar-refractivity contribution < 1.29 is 9.53 Å². The van der Waals surface area contributed by atoms with Crippen molar-refractivity contribution in [2.45, 2.75) is 6.92 Å². The van der Waals surface area contributed by atoms with E-state index in [-0.39, 0.29) is 12.5 Å². The molecular formula is C18H15BrN2O2S. The van der Waals surface area contributed by atoms with Crippen LogP contribution in [0.5, 0.6) is 5.75 Å². The lowest BCUT2D eigenvalue weighted by molar-refractivity contribution is -0.118. The summed E-state index contributed by atoms with van der Waals surface area (Å²) in [5, 5.41) is 5.71. The molecule has 0 saturated carbocycles. The zero-order valence-corrected chi connectivity index (χ0v) is 15.4. The number of rotatable bonds is 5. The van der Waals surface area contributed by atoms with Crippen LogP contribution in [0, 0.1) is 6.92 Å². The average molecular weight is 403 g/mol. The molecule has 2 aromatic carbocycles. The van der Waals surface area contributed by atoms with Crippen LogP contribution in [-0.4, -0.2) is 17.5 Å². The first-order valence-electron chi connectivity index (χ1n) is 7.30. The van der Waals surface area contributed by atoms with E-state index in [0.29, 0.717) is 5.75 Å². The van der Waals surface area contributed by atoms with Gasteiger partial charge < -0.3 is 10.1 Å². The van der Waals surface area contributed by atoms with E-state index in [1.54, 1.807) is 17.5 Å². The second-order valence-corrected chi connectivity index (χ2v) is 6.93. The van der Waals surface area contributed by atoms with Crippen LogP contribution in [0.2, 0.25) is 0 Å². The molecule has 0 bridgehead atoms. The number of ether oxygens (including phenoxy) is 1. The molecule has 0 saturated heterocycles. The number of nitrogens with zero attached hydrogens (tertiary/aromatic N) is 1. The molecule has 3 aromatic rings. The lowest BCUT2D eigenvalue weighted by Gasteiger charge is -2.09. The van der Waals surface area contributed by atoms with Gasteiger partial charge in [0.1, 0.15) is 10.8 Å². The van der Waals surface area contributed by atoms with Crippen molar-refractivity contribution in [2.75, 3.05) is 11.9 Å². The Morgan fingerprint density at radius 2 is 2.04 bits per heavy atom. The first kappa shape index (κ1) is 16.7. The summed E-state index contributed by atoms with van der Waals surface area (Å²) in [7, 11) is 0. The first-order valence-corrected chi connectivity index (χ1v) is 8.98. The molecule has 0 spiro atoms. The molecule has 24 heavy (non-hydrogen) atoms. The van der Waals surface area contributed by atoms with Gasteiger partial charge in [-0.25, -0.2) is 4.98 Å². The number of carbonyl (C=O) groups excluding carboxylic acids is 1. The number of hydrogen-bond acceptors (Lipinski definition) is 4. The van der Waals surface area contributed by atoms with Gasteiger partial charge in [-0.1, -0.05) is 6.07 Å². The fourth-order valence-electron chi connectivity index (χ4n) is 2.13. The minimum Gasteiger partial charge on any atom is -0.483 e. The third kappa shape index (κ3) is 4.21. The molecule has 0 radical (unpaired) electrons. The highest BCUT2D eigenvalue weighted by atomic mass is 79.9. The van der Waals surface area contributed by atoms with Crippen molar-refractivity contribution in [2.24, 2.45) is 0 Å². The standard InChI is InChI=1S/C18H15BrN2O2S/c1-12-2-7-16(15(19)10-12)23-11-17(22)21-14-5-3-13(4-6-14)18-20-8-9-24-18/h2-10H,11H2,1H3,(H,21,22). The number of hydrogen-bond donors (Lipinski definition) is 1. The molecule has 0 fully saturated rings. The number of carbonyl (C=O) groups is 1. The van der Waals surface area contributed by atoms with Gasteiger partial charge in [0.25, 0.3) is 5.91 Å². The smallest absolute Gasteiger partial charge is 0.262 e. The van der Waals surface area contributed by atoms with Gasteiger partial charge in [0.2, 0.25) is 0 Å². The minimum absolute atomic E-state index is 0.0457. The molecule has 0 aliphatic heterocycles. The van der Waals surface area contributed by atoms with Crippen molar-refractivity contribution in [1.82, 2.24) is 4.98 Å². The summed E-state index contributed by atoms with van der Waals surface area (Å²) in [5.41, 5.74) is 2.88. The minimum atomic E-state index is -0.204. The summed E-state index contributed by atoms with van der Waals surface area (Å²) >= 11 is 5.01. The summed E-state index contributed by atoms with van der Waals surface area (Å²) in [4.78, 5) is 16.3. The Balaban J connectivity index is 1.56. The molecule has 1 heterocycles. The number of anilines is 1. The van der Waals surface area contributed by atoms with Gasteiger partial charge in [-0.2, -0.15) is 0 Å². The van der Waals surface area contributed by atoms with Crippen LogP contribution in [0.1, 0.15) is 5.56 Å². The molecule has 4 nitrogen and oxygen atoms in total. The predicted octanol–water partition coefficient (Wildman–Crippen LogP) is 4.90. The van der Waals surface area contributed by atoms with Gasteiger partial charge >= 0.3 is 0 Å². The predicted molar refractivity (Wildman–Crippen MR) is 101 cm³/mol. The molecule has 1 N–H and O–H groups in total. The van der Waals surface area contributed by atoms with Crippen LogP contribution < -0.4 is 10.1 Å². The average Bonchev–Trinajstić information content (AvgIpc) is 3.09. The monoisotopic (exact) mass is 402 g/mol. The van der Waals surface area contributed by atoms with E-state index in [1.807, 2.05) is 54.8 Å². The Morgan fingerprint density at radius 3 is 2.71 bits per heavy atom. The molecule has 0 aliphatic carbocycles. The highest BCUT2D eigenvalue weighted by molar-refractivity contribution is 9.10. The second kappa shape index (κ2) is 7.59. The number of aryl methyl sites for hydroxylation is 1. The van der Waals surface area contributed by atoms with Crippen LogP contribution in [0.3, 0.4) is 0 Å². The van der Waals surface area contributed by atoms with Crippen molar-refractivity contribution in [3.8, 4) is 16.3 Å². The number of aromatic nitrogens is 1. The van der Waals surface area contributed by atoms with Gasteiger partial charge in [-0.3, -0.25) is 4.79 Å². The summed E-state index contributed by atoms with van der Waals surface area (Å²) in [6.07, 6.45) is 1.77. The van der Waals surface area contributed by atoms with E-state index in [0.717, 1.165) is 26.3 Å². The van der Waals surface area contributed by atoms with Crippen LogP contribution in [-0.2, 0) is 4.79 Å². The zero-order valence-electron chi connectivity index (χ0n) is 13.0. The molecule has 122 valence electrons. The van der Waals surface area contributed by atoms with Crippen LogP contribution >= 0.6 is 27.3 Å². The molecular weight excluding hydrogens is 388 g/mol. The SMILES string of the molecule is Cc1ccc(OCC(=O)Nc2ccc(-c3nccs3)cc2)c(Br)c1. The summed E-state index contributed by atoms with van der Waals surface area (Å²) in [5.74, 6) is 0.444. The number of benzene rings is 2. The maximum atomic E-state index is 12.0. The largest absolute Gasteiger partial charge is 0.483 e. The summed E-state index contributed by atoms with van der Waals surface area (Å²) < 4.78 is 6.38. The Morgan fingerprint density at radius 1 is 1.25 bits per heavy atom. The topological polar surface area (TPSA) is 51.2 Å². The van der Waals surface area contributed by atoms with Gasteiger partial charge in [-0.05, 0) is 64.8 Å².